The summed E-state index contributed by atoms with van der Waals surface area (Å²) in [4.78, 5) is 28.9. The third-order valence-corrected chi connectivity index (χ3v) is 7.91. The molecule has 1 unspecified atom stereocenters. The zero-order valence-corrected chi connectivity index (χ0v) is 25.5. The van der Waals surface area contributed by atoms with Crippen molar-refractivity contribution in [2.45, 2.75) is 51.7 Å². The first kappa shape index (κ1) is 32.0. The van der Waals surface area contributed by atoms with Gasteiger partial charge in [-0.3, -0.25) is 13.9 Å². The number of sulfonamides is 1. The van der Waals surface area contributed by atoms with Crippen molar-refractivity contribution in [1.29, 1.82) is 0 Å². The van der Waals surface area contributed by atoms with Gasteiger partial charge in [0, 0.05) is 43.1 Å². The number of carbonyl (C=O) groups excluding carboxylic acids is 2. The Morgan fingerprint density at radius 3 is 2.24 bits per heavy atom. The second-order valence-corrected chi connectivity index (χ2v) is 12.5. The van der Waals surface area contributed by atoms with Gasteiger partial charge in [-0.25, -0.2) is 8.42 Å². The highest BCUT2D eigenvalue weighted by atomic mass is 35.5. The number of nitrogens with zero attached hydrogens (tertiary/aromatic N) is 2. The molecule has 0 spiro atoms. The highest BCUT2D eigenvalue weighted by Gasteiger charge is 2.31. The van der Waals surface area contributed by atoms with E-state index in [1.807, 2.05) is 56.3 Å². The molecule has 1 N–H and O–H groups in total. The van der Waals surface area contributed by atoms with Gasteiger partial charge in [0.15, 0.2) is 0 Å². The Balaban J connectivity index is 1.88. The van der Waals surface area contributed by atoms with E-state index in [9.17, 15) is 18.0 Å². The minimum Gasteiger partial charge on any atom is -0.497 e. The molecule has 0 aliphatic heterocycles. The molecule has 41 heavy (non-hydrogen) atoms. The first-order valence-corrected chi connectivity index (χ1v) is 15.7. The summed E-state index contributed by atoms with van der Waals surface area (Å²) < 4.78 is 31.8. The predicted octanol–water partition coefficient (Wildman–Crippen LogP) is 5.06. The Bertz CT molecular complexity index is 1400. The Hall–Kier alpha value is -3.56. The summed E-state index contributed by atoms with van der Waals surface area (Å²) in [6, 6.07) is 22.6. The molecule has 3 aromatic rings. The third kappa shape index (κ3) is 9.79. The van der Waals surface area contributed by atoms with Crippen LogP contribution in [-0.2, 0) is 32.6 Å². The van der Waals surface area contributed by atoms with E-state index < -0.39 is 16.1 Å². The number of hydrogen-bond acceptors (Lipinski definition) is 5. The van der Waals surface area contributed by atoms with Crippen molar-refractivity contribution in [1.82, 2.24) is 10.2 Å². The summed E-state index contributed by atoms with van der Waals surface area (Å²) >= 11 is 6.09. The van der Waals surface area contributed by atoms with Gasteiger partial charge < -0.3 is 15.0 Å². The number of methoxy groups -OCH3 is 1. The van der Waals surface area contributed by atoms with E-state index >= 15 is 0 Å². The standard InChI is InChI=1S/C31H38ClN3O5S/c1-23(2)33-31(37)29(20-24-10-6-5-7-11-24)34(22-25-15-17-26(32)18-16-25)30(36)14-9-19-35(41(4,38)39)27-12-8-13-28(21-27)40-3/h5-8,10-13,15-18,21,23,29H,9,14,19-20,22H2,1-4H3,(H,33,37). The van der Waals surface area contributed by atoms with E-state index in [0.717, 1.165) is 17.4 Å². The highest BCUT2D eigenvalue weighted by molar-refractivity contribution is 7.92. The number of rotatable bonds is 14. The van der Waals surface area contributed by atoms with Gasteiger partial charge in [-0.1, -0.05) is 60.1 Å². The second kappa shape index (κ2) is 14.9. The summed E-state index contributed by atoms with van der Waals surface area (Å²) in [5, 5.41) is 3.54. The number of benzene rings is 3. The van der Waals surface area contributed by atoms with Gasteiger partial charge in [-0.2, -0.15) is 0 Å². The lowest BCUT2D eigenvalue weighted by molar-refractivity contribution is -0.141. The lowest BCUT2D eigenvalue weighted by atomic mass is 10.0. The Labute approximate surface area is 248 Å². The van der Waals surface area contributed by atoms with Crippen LogP contribution in [0.1, 0.15) is 37.8 Å². The van der Waals surface area contributed by atoms with Crippen LogP contribution in [0.5, 0.6) is 5.75 Å². The van der Waals surface area contributed by atoms with Crippen LogP contribution in [0.2, 0.25) is 5.02 Å². The van der Waals surface area contributed by atoms with Crippen molar-refractivity contribution < 1.29 is 22.7 Å². The molecule has 3 rings (SSSR count). The predicted molar refractivity (Wildman–Crippen MR) is 164 cm³/mol. The largest absolute Gasteiger partial charge is 0.497 e. The molecule has 2 amide bonds. The van der Waals surface area contributed by atoms with Crippen LogP contribution in [0.25, 0.3) is 0 Å². The molecule has 0 saturated heterocycles. The fourth-order valence-electron chi connectivity index (χ4n) is 4.49. The van der Waals surface area contributed by atoms with Crippen LogP contribution in [0.15, 0.2) is 78.9 Å². The molecular formula is C31H38ClN3O5S. The zero-order valence-electron chi connectivity index (χ0n) is 23.9. The molecule has 3 aromatic carbocycles. The van der Waals surface area contributed by atoms with Gasteiger partial charge in [-0.05, 0) is 55.7 Å². The molecule has 220 valence electrons. The van der Waals surface area contributed by atoms with Crippen molar-refractivity contribution in [3.63, 3.8) is 0 Å². The van der Waals surface area contributed by atoms with Crippen LogP contribution >= 0.6 is 11.6 Å². The molecule has 8 nitrogen and oxygen atoms in total. The van der Waals surface area contributed by atoms with Crippen LogP contribution in [-0.4, -0.2) is 57.1 Å². The minimum atomic E-state index is -3.62. The Morgan fingerprint density at radius 2 is 1.63 bits per heavy atom. The number of amides is 2. The van der Waals surface area contributed by atoms with Crippen molar-refractivity contribution in [3.05, 3.63) is 95.0 Å². The highest BCUT2D eigenvalue weighted by Crippen LogP contribution is 2.24. The molecule has 1 atom stereocenters. The normalized spacial score (nSPS) is 12.0. The zero-order chi connectivity index (χ0) is 30.0. The van der Waals surface area contributed by atoms with Crippen LogP contribution in [0.3, 0.4) is 0 Å². The van der Waals surface area contributed by atoms with Gasteiger partial charge in [-0.15, -0.1) is 0 Å². The molecule has 0 radical (unpaired) electrons. The maximum absolute atomic E-state index is 13.8. The van der Waals surface area contributed by atoms with E-state index in [1.165, 1.54) is 11.4 Å². The number of ether oxygens (including phenoxy) is 1. The van der Waals surface area contributed by atoms with E-state index in [2.05, 4.69) is 5.32 Å². The maximum Gasteiger partial charge on any atom is 0.243 e. The molecule has 0 saturated carbocycles. The average Bonchev–Trinajstić information content (AvgIpc) is 2.93. The Kier molecular flexibility index (Phi) is 11.6. The average molecular weight is 600 g/mol. The van der Waals surface area contributed by atoms with Crippen LogP contribution < -0.4 is 14.4 Å². The molecule has 0 aliphatic rings. The number of halogens is 1. The summed E-state index contributed by atoms with van der Waals surface area (Å²) in [5.41, 5.74) is 2.20. The van der Waals surface area contributed by atoms with Gasteiger partial charge >= 0.3 is 0 Å². The fraction of sp³-hybridized carbons (Fsp3) is 0.355. The topological polar surface area (TPSA) is 96.0 Å². The number of hydrogen-bond donors (Lipinski definition) is 1. The Morgan fingerprint density at radius 1 is 0.951 bits per heavy atom. The van der Waals surface area contributed by atoms with E-state index in [1.54, 1.807) is 41.3 Å². The van der Waals surface area contributed by atoms with Crippen molar-refractivity contribution >= 4 is 39.1 Å². The first-order valence-electron chi connectivity index (χ1n) is 13.5. The summed E-state index contributed by atoms with van der Waals surface area (Å²) in [6.07, 6.45) is 1.76. The van der Waals surface area contributed by atoms with Crippen molar-refractivity contribution in [3.8, 4) is 5.75 Å². The first-order chi connectivity index (χ1) is 19.5. The molecule has 0 aliphatic carbocycles. The molecule has 10 heteroatoms. The van der Waals surface area contributed by atoms with Gasteiger partial charge in [0.05, 0.1) is 19.1 Å². The number of anilines is 1. The lowest BCUT2D eigenvalue weighted by Crippen LogP contribution is -2.51. The SMILES string of the molecule is COc1cccc(N(CCCC(=O)N(Cc2ccc(Cl)cc2)C(Cc2ccccc2)C(=O)NC(C)C)S(C)(=O)=O)c1. The van der Waals surface area contributed by atoms with E-state index in [-0.39, 0.29) is 43.8 Å². The van der Waals surface area contributed by atoms with Crippen molar-refractivity contribution in [2.75, 3.05) is 24.2 Å². The quantitative estimate of drug-likeness (QED) is 0.279. The molecule has 0 bridgehead atoms. The van der Waals surface area contributed by atoms with Crippen LogP contribution in [0.4, 0.5) is 5.69 Å². The number of carbonyl (C=O) groups is 2. The molecule has 0 aromatic heterocycles. The van der Waals surface area contributed by atoms with E-state index in [4.69, 9.17) is 16.3 Å². The molecule has 0 heterocycles. The van der Waals surface area contributed by atoms with E-state index in [0.29, 0.717) is 22.9 Å². The lowest BCUT2D eigenvalue weighted by Gasteiger charge is -2.32. The van der Waals surface area contributed by atoms with Gasteiger partial charge in [0.1, 0.15) is 11.8 Å². The summed E-state index contributed by atoms with van der Waals surface area (Å²) in [6.45, 7) is 4.04. The van der Waals surface area contributed by atoms with Gasteiger partial charge in [0.2, 0.25) is 21.8 Å². The summed E-state index contributed by atoms with van der Waals surface area (Å²) in [7, 11) is -2.11. The van der Waals surface area contributed by atoms with Crippen LogP contribution in [0, 0.1) is 0 Å². The third-order valence-electron chi connectivity index (χ3n) is 6.46. The molecule has 0 fully saturated rings. The summed E-state index contributed by atoms with van der Waals surface area (Å²) in [5.74, 6) is 0.0282. The number of nitrogens with one attached hydrogen (secondary N) is 1. The molecular weight excluding hydrogens is 562 g/mol. The second-order valence-electron chi connectivity index (χ2n) is 10.2. The fourth-order valence-corrected chi connectivity index (χ4v) is 5.57. The van der Waals surface area contributed by atoms with Crippen molar-refractivity contribution in [2.24, 2.45) is 0 Å². The maximum atomic E-state index is 13.8. The smallest absolute Gasteiger partial charge is 0.243 e. The van der Waals surface area contributed by atoms with Gasteiger partial charge in [0.25, 0.3) is 0 Å². The minimum absolute atomic E-state index is 0.0455. The monoisotopic (exact) mass is 599 g/mol.